The molecule has 0 aromatic carbocycles. The number of carbonyl (C=O) groups is 1. The van der Waals surface area contributed by atoms with Crippen LogP contribution in [0.3, 0.4) is 0 Å². The number of ether oxygens (including phenoxy) is 3. The molecule has 1 aliphatic carbocycles. The van der Waals surface area contributed by atoms with Crippen molar-refractivity contribution in [3.8, 4) is 0 Å². The van der Waals surface area contributed by atoms with Gasteiger partial charge in [-0.3, -0.25) is 4.79 Å². The molecular weight excluding hydrogens is 227 g/mol. The minimum Gasteiger partial charge on any atom is -0.466 e. The van der Waals surface area contributed by atoms with Crippen molar-refractivity contribution in [1.29, 1.82) is 0 Å². The number of esters is 1. The van der Waals surface area contributed by atoms with E-state index in [1.165, 1.54) is 6.92 Å². The van der Waals surface area contributed by atoms with Crippen LogP contribution in [0.2, 0.25) is 0 Å². The van der Waals surface area contributed by atoms with Crippen LogP contribution in [0.1, 0.15) is 33.1 Å². The van der Waals surface area contributed by atoms with Crippen molar-refractivity contribution >= 4 is 5.97 Å². The number of carbonyl (C=O) groups excluding carboxylic acids is 1. The molecule has 2 atom stereocenters. The van der Waals surface area contributed by atoms with E-state index in [0.29, 0.717) is 26.1 Å². The third-order valence-electron chi connectivity index (χ3n) is 3.50. The van der Waals surface area contributed by atoms with Gasteiger partial charge in [-0.25, -0.2) is 4.39 Å². The van der Waals surface area contributed by atoms with Crippen molar-refractivity contribution in [3.63, 3.8) is 0 Å². The summed E-state index contributed by atoms with van der Waals surface area (Å²) in [7, 11) is 0. The summed E-state index contributed by atoms with van der Waals surface area (Å²) in [5.41, 5.74) is -1.35. The molecule has 0 N–H and O–H groups in total. The number of rotatable bonds is 2. The molecule has 17 heavy (non-hydrogen) atoms. The van der Waals surface area contributed by atoms with Gasteiger partial charge in [-0.15, -0.1) is 0 Å². The van der Waals surface area contributed by atoms with Gasteiger partial charge in [0.2, 0.25) is 0 Å². The van der Waals surface area contributed by atoms with Gasteiger partial charge >= 0.3 is 5.97 Å². The Balaban J connectivity index is 2.17. The SMILES string of the molecule is CCOC(=O)C1CC(C)(F)CCC12OCCO2. The van der Waals surface area contributed by atoms with E-state index < -0.39 is 23.3 Å². The summed E-state index contributed by atoms with van der Waals surface area (Å²) in [6.07, 6.45) is 0.859. The molecule has 2 fully saturated rings. The average molecular weight is 246 g/mol. The van der Waals surface area contributed by atoms with Gasteiger partial charge in [0.05, 0.1) is 19.8 Å². The molecule has 0 radical (unpaired) electrons. The Hall–Kier alpha value is -0.680. The molecule has 0 aromatic rings. The second kappa shape index (κ2) is 4.53. The zero-order valence-corrected chi connectivity index (χ0v) is 10.3. The van der Waals surface area contributed by atoms with Gasteiger partial charge in [0.15, 0.2) is 5.79 Å². The fourth-order valence-electron chi connectivity index (χ4n) is 2.61. The van der Waals surface area contributed by atoms with E-state index in [-0.39, 0.29) is 13.0 Å². The number of halogens is 1. The molecule has 2 unspecified atom stereocenters. The minimum atomic E-state index is -1.35. The van der Waals surface area contributed by atoms with Gasteiger partial charge in [0.1, 0.15) is 11.6 Å². The molecule has 1 spiro atoms. The first-order valence-corrected chi connectivity index (χ1v) is 6.12. The van der Waals surface area contributed by atoms with Gasteiger partial charge < -0.3 is 14.2 Å². The zero-order valence-electron chi connectivity index (χ0n) is 10.3. The van der Waals surface area contributed by atoms with Crippen molar-refractivity contribution in [2.75, 3.05) is 19.8 Å². The van der Waals surface area contributed by atoms with Gasteiger partial charge in [0.25, 0.3) is 0 Å². The van der Waals surface area contributed by atoms with Crippen molar-refractivity contribution in [2.24, 2.45) is 5.92 Å². The van der Waals surface area contributed by atoms with E-state index >= 15 is 0 Å². The maximum absolute atomic E-state index is 14.0. The van der Waals surface area contributed by atoms with Crippen LogP contribution in [-0.4, -0.2) is 37.2 Å². The van der Waals surface area contributed by atoms with Crippen LogP contribution in [0.15, 0.2) is 0 Å². The molecule has 2 rings (SSSR count). The summed E-state index contributed by atoms with van der Waals surface area (Å²) in [4.78, 5) is 11.9. The second-order valence-electron chi connectivity index (χ2n) is 4.93. The van der Waals surface area contributed by atoms with Crippen LogP contribution < -0.4 is 0 Å². The molecule has 0 amide bonds. The normalized spacial score (nSPS) is 36.1. The molecule has 1 saturated heterocycles. The van der Waals surface area contributed by atoms with Gasteiger partial charge in [-0.1, -0.05) is 0 Å². The van der Waals surface area contributed by atoms with Crippen LogP contribution in [0.25, 0.3) is 0 Å². The lowest BCUT2D eigenvalue weighted by Gasteiger charge is -2.42. The van der Waals surface area contributed by atoms with Crippen molar-refractivity contribution in [3.05, 3.63) is 0 Å². The molecular formula is C12H19FO4. The Morgan fingerprint density at radius 1 is 1.41 bits per heavy atom. The van der Waals surface area contributed by atoms with Crippen molar-refractivity contribution < 1.29 is 23.4 Å². The predicted molar refractivity (Wildman–Crippen MR) is 58.1 cm³/mol. The topological polar surface area (TPSA) is 44.8 Å². The van der Waals surface area contributed by atoms with Crippen LogP contribution in [-0.2, 0) is 19.0 Å². The standard InChI is InChI=1S/C12H19FO4/c1-3-15-10(14)9-8-11(2,13)4-5-12(9)16-6-7-17-12/h9H,3-8H2,1-2H3. The van der Waals surface area contributed by atoms with E-state index in [0.717, 1.165) is 0 Å². The lowest BCUT2D eigenvalue weighted by Crippen LogP contribution is -2.51. The first-order valence-electron chi connectivity index (χ1n) is 6.12. The Morgan fingerprint density at radius 3 is 2.65 bits per heavy atom. The lowest BCUT2D eigenvalue weighted by molar-refractivity contribution is -0.234. The molecule has 2 aliphatic rings. The lowest BCUT2D eigenvalue weighted by atomic mass is 9.76. The quantitative estimate of drug-likeness (QED) is 0.697. The monoisotopic (exact) mass is 246 g/mol. The van der Waals surface area contributed by atoms with Crippen molar-refractivity contribution in [2.45, 2.75) is 44.6 Å². The van der Waals surface area contributed by atoms with E-state index in [1.54, 1.807) is 6.92 Å². The maximum atomic E-state index is 14.0. The van der Waals surface area contributed by atoms with E-state index in [4.69, 9.17) is 14.2 Å². The summed E-state index contributed by atoms with van der Waals surface area (Å²) in [6, 6.07) is 0. The van der Waals surface area contributed by atoms with Gasteiger partial charge in [0, 0.05) is 6.42 Å². The molecule has 98 valence electrons. The highest BCUT2D eigenvalue weighted by molar-refractivity contribution is 5.74. The van der Waals surface area contributed by atoms with Crippen LogP contribution >= 0.6 is 0 Å². The smallest absolute Gasteiger partial charge is 0.314 e. The highest BCUT2D eigenvalue weighted by Crippen LogP contribution is 2.46. The highest BCUT2D eigenvalue weighted by Gasteiger charge is 2.55. The third-order valence-corrected chi connectivity index (χ3v) is 3.50. The molecule has 1 saturated carbocycles. The first kappa shape index (κ1) is 12.8. The molecule has 1 heterocycles. The molecule has 1 aliphatic heterocycles. The molecule has 4 nitrogen and oxygen atoms in total. The molecule has 0 aromatic heterocycles. The van der Waals surface area contributed by atoms with Gasteiger partial charge in [-0.05, 0) is 26.7 Å². The van der Waals surface area contributed by atoms with Crippen molar-refractivity contribution in [1.82, 2.24) is 0 Å². The minimum absolute atomic E-state index is 0.103. The van der Waals surface area contributed by atoms with E-state index in [1.807, 2.05) is 0 Å². The Morgan fingerprint density at radius 2 is 2.06 bits per heavy atom. The van der Waals surface area contributed by atoms with E-state index in [9.17, 15) is 9.18 Å². The summed E-state index contributed by atoms with van der Waals surface area (Å²) in [5, 5.41) is 0. The average Bonchev–Trinajstić information content (AvgIpc) is 2.72. The third kappa shape index (κ3) is 2.45. The highest BCUT2D eigenvalue weighted by atomic mass is 19.1. The number of alkyl halides is 1. The second-order valence-corrected chi connectivity index (χ2v) is 4.93. The summed E-state index contributed by atoms with van der Waals surface area (Å²) >= 11 is 0. The summed E-state index contributed by atoms with van der Waals surface area (Å²) < 4.78 is 30.2. The summed E-state index contributed by atoms with van der Waals surface area (Å²) in [5.74, 6) is -2.02. The number of hydrogen-bond acceptors (Lipinski definition) is 4. The fourth-order valence-corrected chi connectivity index (χ4v) is 2.61. The Kier molecular flexibility index (Phi) is 3.41. The maximum Gasteiger partial charge on any atom is 0.314 e. The summed E-state index contributed by atoms with van der Waals surface area (Å²) in [6.45, 7) is 4.45. The zero-order chi connectivity index (χ0) is 12.5. The first-order chi connectivity index (χ1) is 7.99. The van der Waals surface area contributed by atoms with E-state index in [2.05, 4.69) is 0 Å². The Labute approximate surface area is 100 Å². The largest absolute Gasteiger partial charge is 0.466 e. The number of hydrogen-bond donors (Lipinski definition) is 0. The predicted octanol–water partition coefficient (Wildman–Crippen LogP) is 1.82. The Bertz CT molecular complexity index is 297. The molecule has 5 heteroatoms. The van der Waals surface area contributed by atoms with Crippen LogP contribution in [0, 0.1) is 5.92 Å². The van der Waals surface area contributed by atoms with Gasteiger partial charge in [-0.2, -0.15) is 0 Å². The molecule has 0 bridgehead atoms. The fraction of sp³-hybridized carbons (Fsp3) is 0.917. The van der Waals surface area contributed by atoms with Crippen LogP contribution in [0.4, 0.5) is 4.39 Å². The van der Waals surface area contributed by atoms with Crippen LogP contribution in [0.5, 0.6) is 0 Å².